The number of amides is 1. The minimum atomic E-state index is -0.702. The third kappa shape index (κ3) is 5.75. The fourth-order valence-corrected chi connectivity index (χ4v) is 2.71. The predicted molar refractivity (Wildman–Crippen MR) is 96.8 cm³/mol. The van der Waals surface area contributed by atoms with Gasteiger partial charge in [0.1, 0.15) is 6.04 Å². The zero-order valence-corrected chi connectivity index (χ0v) is 15.5. The summed E-state index contributed by atoms with van der Waals surface area (Å²) in [6, 6.07) is 6.62. The third-order valence-electron chi connectivity index (χ3n) is 3.43. The molecule has 0 aliphatic heterocycles. The molecule has 0 saturated heterocycles. The Morgan fingerprint density at radius 2 is 2.08 bits per heavy atom. The lowest BCUT2D eigenvalue weighted by Crippen LogP contribution is -2.42. The molecule has 1 aromatic carbocycles. The lowest BCUT2D eigenvalue weighted by Gasteiger charge is -2.14. The van der Waals surface area contributed by atoms with Gasteiger partial charge in [-0.05, 0) is 36.1 Å². The van der Waals surface area contributed by atoms with Gasteiger partial charge >= 0.3 is 5.97 Å². The van der Waals surface area contributed by atoms with Crippen LogP contribution in [0.1, 0.15) is 22.5 Å². The van der Waals surface area contributed by atoms with Crippen molar-refractivity contribution in [1.82, 2.24) is 20.3 Å². The van der Waals surface area contributed by atoms with Gasteiger partial charge in [-0.1, -0.05) is 28.9 Å². The predicted octanol–water partition coefficient (Wildman–Crippen LogP) is 2.00. The van der Waals surface area contributed by atoms with Crippen LogP contribution < -0.4 is 5.32 Å². The number of carbonyl (C=O) groups excluding carboxylic acids is 2. The molecule has 1 aromatic heterocycles. The van der Waals surface area contributed by atoms with E-state index in [1.807, 2.05) is 18.4 Å². The Labute approximate surface area is 155 Å². The smallest absolute Gasteiger partial charge is 0.328 e. The monoisotopic (exact) mass is 382 g/mol. The number of nitrogens with one attached hydrogen (secondary N) is 1. The molecule has 0 spiro atoms. The number of hydrogen-bond acceptors (Lipinski definition) is 6. The molecular formula is C16H19ClN4O3S. The molecule has 134 valence electrons. The lowest BCUT2D eigenvalue weighted by atomic mass is 10.2. The van der Waals surface area contributed by atoms with E-state index in [0.717, 1.165) is 11.3 Å². The van der Waals surface area contributed by atoms with E-state index in [1.54, 1.807) is 28.6 Å². The quantitative estimate of drug-likeness (QED) is 0.703. The van der Waals surface area contributed by atoms with E-state index >= 15 is 0 Å². The Balaban J connectivity index is 2.00. The number of rotatable bonds is 8. The summed E-state index contributed by atoms with van der Waals surface area (Å²) in [5.41, 5.74) is 1.13. The molecule has 1 N–H and O–H groups in total. The van der Waals surface area contributed by atoms with Gasteiger partial charge in [-0.3, -0.25) is 4.79 Å². The minimum Gasteiger partial charge on any atom is -0.467 e. The number of carbonyl (C=O) groups is 2. The van der Waals surface area contributed by atoms with E-state index in [2.05, 4.69) is 15.6 Å². The van der Waals surface area contributed by atoms with Crippen LogP contribution in [0.25, 0.3) is 0 Å². The number of halogens is 1. The molecule has 0 saturated carbocycles. The SMILES string of the molecule is COC(=O)C(CCSC)NC(=O)c1cn(Cc2ccc(Cl)cc2)nn1. The summed E-state index contributed by atoms with van der Waals surface area (Å²) in [5, 5.41) is 11.1. The van der Waals surface area contributed by atoms with Crippen molar-refractivity contribution in [2.75, 3.05) is 19.1 Å². The average Bonchev–Trinajstić information content (AvgIpc) is 3.08. The fourth-order valence-electron chi connectivity index (χ4n) is 2.12. The molecule has 1 heterocycles. The number of aromatic nitrogens is 3. The highest BCUT2D eigenvalue weighted by atomic mass is 35.5. The van der Waals surface area contributed by atoms with Gasteiger partial charge in [-0.15, -0.1) is 5.10 Å². The maximum atomic E-state index is 12.3. The highest BCUT2D eigenvalue weighted by molar-refractivity contribution is 7.98. The number of benzene rings is 1. The van der Waals surface area contributed by atoms with Gasteiger partial charge in [-0.2, -0.15) is 11.8 Å². The van der Waals surface area contributed by atoms with E-state index in [1.165, 1.54) is 13.3 Å². The van der Waals surface area contributed by atoms with Gasteiger partial charge in [0.05, 0.1) is 19.9 Å². The highest BCUT2D eigenvalue weighted by Gasteiger charge is 2.23. The molecule has 25 heavy (non-hydrogen) atoms. The molecule has 2 aromatic rings. The third-order valence-corrected chi connectivity index (χ3v) is 4.33. The second-order valence-corrected chi connectivity index (χ2v) is 6.68. The first-order valence-corrected chi connectivity index (χ1v) is 9.33. The number of methoxy groups -OCH3 is 1. The zero-order chi connectivity index (χ0) is 18.2. The van der Waals surface area contributed by atoms with Crippen LogP contribution in [0.3, 0.4) is 0 Å². The van der Waals surface area contributed by atoms with Crippen molar-refractivity contribution < 1.29 is 14.3 Å². The van der Waals surface area contributed by atoms with Crippen LogP contribution in [0.4, 0.5) is 0 Å². The molecule has 0 bridgehead atoms. The van der Waals surface area contributed by atoms with Crippen LogP contribution in [-0.4, -0.2) is 52.0 Å². The fraction of sp³-hybridized carbons (Fsp3) is 0.375. The van der Waals surface area contributed by atoms with Gasteiger partial charge in [0.15, 0.2) is 5.69 Å². The standard InChI is InChI=1S/C16H19ClN4O3S/c1-24-16(23)13(7-8-25-2)18-15(22)14-10-21(20-19-14)9-11-3-5-12(17)6-4-11/h3-6,10,13H,7-9H2,1-2H3,(H,18,22). The number of esters is 1. The van der Waals surface area contributed by atoms with Crippen molar-refractivity contribution in [3.63, 3.8) is 0 Å². The Bertz CT molecular complexity index is 720. The summed E-state index contributed by atoms with van der Waals surface area (Å²) < 4.78 is 6.27. The molecule has 0 aliphatic carbocycles. The molecule has 7 nitrogen and oxygen atoms in total. The van der Waals surface area contributed by atoms with Crippen molar-refractivity contribution in [2.24, 2.45) is 0 Å². The van der Waals surface area contributed by atoms with Gasteiger partial charge < -0.3 is 10.1 Å². The topological polar surface area (TPSA) is 86.1 Å². The highest BCUT2D eigenvalue weighted by Crippen LogP contribution is 2.10. The molecule has 1 unspecified atom stereocenters. The average molecular weight is 383 g/mol. The van der Waals surface area contributed by atoms with Crippen molar-refractivity contribution in [3.05, 3.63) is 46.7 Å². The Morgan fingerprint density at radius 3 is 2.72 bits per heavy atom. The Morgan fingerprint density at radius 1 is 1.36 bits per heavy atom. The molecule has 0 radical (unpaired) electrons. The lowest BCUT2D eigenvalue weighted by molar-refractivity contribution is -0.142. The van der Waals surface area contributed by atoms with Gasteiger partial charge in [0.25, 0.3) is 5.91 Å². The first-order valence-electron chi connectivity index (χ1n) is 7.55. The molecule has 1 atom stereocenters. The van der Waals surface area contributed by atoms with Crippen molar-refractivity contribution in [2.45, 2.75) is 19.0 Å². The molecule has 0 fully saturated rings. The van der Waals surface area contributed by atoms with E-state index in [0.29, 0.717) is 18.0 Å². The summed E-state index contributed by atoms with van der Waals surface area (Å²) >= 11 is 7.44. The summed E-state index contributed by atoms with van der Waals surface area (Å²) in [6.07, 6.45) is 3.95. The largest absolute Gasteiger partial charge is 0.467 e. The second kappa shape index (κ2) is 9.43. The number of thioether (sulfide) groups is 1. The summed E-state index contributed by atoms with van der Waals surface area (Å²) in [7, 11) is 1.29. The molecule has 2 rings (SSSR count). The first-order chi connectivity index (χ1) is 12.0. The molecular weight excluding hydrogens is 364 g/mol. The van der Waals surface area contributed by atoms with E-state index < -0.39 is 17.9 Å². The van der Waals surface area contributed by atoms with Crippen molar-refractivity contribution in [3.8, 4) is 0 Å². The van der Waals surface area contributed by atoms with Crippen LogP contribution in [0.2, 0.25) is 5.02 Å². The van der Waals surface area contributed by atoms with Crippen LogP contribution in [0.15, 0.2) is 30.5 Å². The zero-order valence-electron chi connectivity index (χ0n) is 13.9. The van der Waals surface area contributed by atoms with E-state index in [-0.39, 0.29) is 5.69 Å². The summed E-state index contributed by atoms with van der Waals surface area (Å²) in [4.78, 5) is 24.1. The Kier molecular flexibility index (Phi) is 7.27. The van der Waals surface area contributed by atoms with Gasteiger partial charge in [-0.25, -0.2) is 9.48 Å². The minimum absolute atomic E-state index is 0.145. The van der Waals surface area contributed by atoms with Crippen LogP contribution >= 0.6 is 23.4 Å². The van der Waals surface area contributed by atoms with Crippen LogP contribution in [-0.2, 0) is 16.1 Å². The maximum Gasteiger partial charge on any atom is 0.328 e. The van der Waals surface area contributed by atoms with Crippen LogP contribution in [0.5, 0.6) is 0 Å². The molecule has 9 heteroatoms. The number of nitrogens with zero attached hydrogens (tertiary/aromatic N) is 3. The van der Waals surface area contributed by atoms with Gasteiger partial charge in [0, 0.05) is 5.02 Å². The van der Waals surface area contributed by atoms with E-state index in [9.17, 15) is 9.59 Å². The normalized spacial score (nSPS) is 11.8. The van der Waals surface area contributed by atoms with E-state index in [4.69, 9.17) is 16.3 Å². The number of ether oxygens (including phenoxy) is 1. The van der Waals surface area contributed by atoms with Crippen molar-refractivity contribution in [1.29, 1.82) is 0 Å². The van der Waals surface area contributed by atoms with Crippen LogP contribution in [0, 0.1) is 0 Å². The summed E-state index contributed by atoms with van der Waals surface area (Å²) in [5.74, 6) is -0.210. The molecule has 0 aliphatic rings. The Hall–Kier alpha value is -2.06. The van der Waals surface area contributed by atoms with Gasteiger partial charge in [0.2, 0.25) is 0 Å². The molecule has 1 amide bonds. The maximum absolute atomic E-state index is 12.3. The second-order valence-electron chi connectivity index (χ2n) is 5.26. The first kappa shape index (κ1) is 19.3. The number of hydrogen-bond donors (Lipinski definition) is 1. The summed E-state index contributed by atoms with van der Waals surface area (Å²) in [6.45, 7) is 0.463. The van der Waals surface area contributed by atoms with Crippen molar-refractivity contribution >= 4 is 35.2 Å².